The summed E-state index contributed by atoms with van der Waals surface area (Å²) in [5.41, 5.74) is 3.39. The molecule has 6 heteroatoms. The van der Waals surface area contributed by atoms with Gasteiger partial charge in [0.15, 0.2) is 6.10 Å². The molecule has 0 saturated carbocycles. The fourth-order valence-electron chi connectivity index (χ4n) is 5.16. The summed E-state index contributed by atoms with van der Waals surface area (Å²) in [6.07, 6.45) is -0.889. The van der Waals surface area contributed by atoms with Crippen molar-refractivity contribution < 1.29 is 14.4 Å². The molecule has 174 valence electrons. The molecule has 0 radical (unpaired) electrons. The number of hydroxylamine groups is 1. The molecule has 0 aromatic heterocycles. The van der Waals surface area contributed by atoms with Crippen molar-refractivity contribution in [3.63, 3.8) is 0 Å². The Labute approximate surface area is 203 Å². The number of nitrogens with zero attached hydrogens (tertiary/aromatic N) is 3. The Kier molecular flexibility index (Phi) is 5.04. The Morgan fingerprint density at radius 2 is 1.43 bits per heavy atom. The molecule has 0 spiro atoms. The maximum atomic E-state index is 14.0. The molecular weight excluding hydrogens is 438 g/mol. The number of carbonyl (C=O) groups is 2. The van der Waals surface area contributed by atoms with Gasteiger partial charge < -0.3 is 4.90 Å². The van der Waals surface area contributed by atoms with Gasteiger partial charge >= 0.3 is 0 Å². The molecule has 0 N–H and O–H groups in total. The molecule has 6 rings (SSSR count). The summed E-state index contributed by atoms with van der Waals surface area (Å²) < 4.78 is 0. The molecule has 6 nitrogen and oxygen atoms in total. The van der Waals surface area contributed by atoms with Gasteiger partial charge in [0.25, 0.3) is 5.91 Å². The van der Waals surface area contributed by atoms with Crippen LogP contribution in [0.15, 0.2) is 97.1 Å². The molecule has 2 aliphatic rings. The van der Waals surface area contributed by atoms with Gasteiger partial charge in [-0.25, -0.2) is 9.96 Å². The highest BCUT2D eigenvalue weighted by atomic mass is 16.7. The lowest BCUT2D eigenvalue weighted by atomic mass is 9.90. The number of hydrogen-bond donors (Lipinski definition) is 0. The van der Waals surface area contributed by atoms with Crippen molar-refractivity contribution in [2.24, 2.45) is 5.92 Å². The quantitative estimate of drug-likeness (QED) is 0.401. The number of para-hydroxylation sites is 1. The van der Waals surface area contributed by atoms with Gasteiger partial charge in [0, 0.05) is 25.2 Å². The minimum atomic E-state index is -0.889. The van der Waals surface area contributed by atoms with Gasteiger partial charge in [-0.15, -0.1) is 0 Å². The Balaban J connectivity index is 1.45. The molecule has 0 bridgehead atoms. The SMILES string of the molecule is CN(C)c1ccc([C@H]2[C@H]3C(=O)N(c4cccc5ccccc45)C(=O)[C@@H]3ON2c2ccccc2)cc1. The second-order valence-electron chi connectivity index (χ2n) is 9.15. The maximum Gasteiger partial charge on any atom is 0.266 e. The lowest BCUT2D eigenvalue weighted by Gasteiger charge is -2.29. The van der Waals surface area contributed by atoms with Crippen LogP contribution in [0.1, 0.15) is 11.6 Å². The van der Waals surface area contributed by atoms with Gasteiger partial charge in [-0.2, -0.15) is 0 Å². The van der Waals surface area contributed by atoms with Crippen LogP contribution in [0.2, 0.25) is 0 Å². The minimum Gasteiger partial charge on any atom is -0.378 e. The van der Waals surface area contributed by atoms with Crippen LogP contribution in [0.3, 0.4) is 0 Å². The fourth-order valence-corrected chi connectivity index (χ4v) is 5.16. The first-order chi connectivity index (χ1) is 17.0. The molecule has 0 unspecified atom stereocenters. The van der Waals surface area contributed by atoms with Crippen molar-refractivity contribution in [2.45, 2.75) is 12.1 Å². The van der Waals surface area contributed by atoms with Gasteiger partial charge in [-0.3, -0.25) is 14.4 Å². The summed E-state index contributed by atoms with van der Waals surface area (Å²) in [5, 5.41) is 3.57. The molecular formula is C29H25N3O3. The van der Waals surface area contributed by atoms with Crippen molar-refractivity contribution in [3.8, 4) is 0 Å². The average molecular weight is 464 g/mol. The lowest BCUT2D eigenvalue weighted by Crippen LogP contribution is -2.37. The number of anilines is 3. The van der Waals surface area contributed by atoms with Crippen LogP contribution in [-0.2, 0) is 14.4 Å². The average Bonchev–Trinajstić information content (AvgIpc) is 3.40. The van der Waals surface area contributed by atoms with Gasteiger partial charge in [0.05, 0.1) is 17.4 Å². The maximum absolute atomic E-state index is 14.0. The second-order valence-corrected chi connectivity index (χ2v) is 9.15. The van der Waals surface area contributed by atoms with E-state index in [1.807, 2.05) is 116 Å². The molecule has 2 amide bonds. The summed E-state index contributed by atoms with van der Waals surface area (Å²) in [6, 6.07) is 30.7. The topological polar surface area (TPSA) is 53.1 Å². The van der Waals surface area contributed by atoms with Crippen molar-refractivity contribution in [3.05, 3.63) is 103 Å². The van der Waals surface area contributed by atoms with Gasteiger partial charge in [-0.1, -0.05) is 66.7 Å². The van der Waals surface area contributed by atoms with E-state index in [9.17, 15) is 9.59 Å². The zero-order valence-electron chi connectivity index (χ0n) is 19.5. The van der Waals surface area contributed by atoms with Gasteiger partial charge in [0.2, 0.25) is 5.91 Å². The van der Waals surface area contributed by atoms with Crippen LogP contribution in [0.4, 0.5) is 17.1 Å². The fraction of sp³-hybridized carbons (Fsp3) is 0.172. The third-order valence-electron chi connectivity index (χ3n) is 6.88. The molecule has 3 atom stereocenters. The predicted molar refractivity (Wildman–Crippen MR) is 137 cm³/mol. The summed E-state index contributed by atoms with van der Waals surface area (Å²) in [6.45, 7) is 0. The number of carbonyl (C=O) groups excluding carboxylic acids is 2. The highest BCUT2D eigenvalue weighted by Gasteiger charge is 2.60. The molecule has 35 heavy (non-hydrogen) atoms. The summed E-state index contributed by atoms with van der Waals surface area (Å²) in [5.74, 6) is -1.23. The molecule has 0 aliphatic carbocycles. The lowest BCUT2D eigenvalue weighted by molar-refractivity contribution is -0.126. The van der Waals surface area contributed by atoms with E-state index in [2.05, 4.69) is 0 Å². The van der Waals surface area contributed by atoms with Crippen LogP contribution in [0.5, 0.6) is 0 Å². The van der Waals surface area contributed by atoms with E-state index in [4.69, 9.17) is 4.84 Å². The Bertz CT molecular complexity index is 1410. The third kappa shape index (κ3) is 3.37. The van der Waals surface area contributed by atoms with Gasteiger partial charge in [0.1, 0.15) is 5.92 Å². The highest BCUT2D eigenvalue weighted by Crippen LogP contribution is 2.48. The number of rotatable bonds is 4. The number of hydrogen-bond acceptors (Lipinski definition) is 5. The number of fused-ring (bicyclic) bond motifs is 2. The number of benzene rings is 4. The molecule has 2 heterocycles. The van der Waals surface area contributed by atoms with Crippen molar-refractivity contribution in [1.82, 2.24) is 0 Å². The zero-order chi connectivity index (χ0) is 24.1. The standard InChI is InChI=1S/C29H25N3O3/c1-30(2)21-17-15-20(16-18-21)26-25-27(35-32(26)22-11-4-3-5-12-22)29(34)31(28(25)33)24-14-8-10-19-9-6-7-13-23(19)24/h3-18,25-27H,1-2H3/t25-,26+,27-/m1/s1. The largest absolute Gasteiger partial charge is 0.378 e. The molecule has 4 aromatic carbocycles. The van der Waals surface area contributed by atoms with Crippen LogP contribution in [-0.4, -0.2) is 32.0 Å². The van der Waals surface area contributed by atoms with Crippen molar-refractivity contribution in [2.75, 3.05) is 29.0 Å². The first-order valence-electron chi connectivity index (χ1n) is 11.7. The van der Waals surface area contributed by atoms with Crippen molar-refractivity contribution in [1.29, 1.82) is 0 Å². The molecule has 2 aliphatic heterocycles. The zero-order valence-corrected chi connectivity index (χ0v) is 19.5. The summed E-state index contributed by atoms with van der Waals surface area (Å²) in [7, 11) is 3.97. The van der Waals surface area contributed by atoms with Crippen LogP contribution < -0.4 is 14.9 Å². The Morgan fingerprint density at radius 1 is 0.743 bits per heavy atom. The van der Waals surface area contributed by atoms with E-state index in [0.717, 1.165) is 27.7 Å². The third-order valence-corrected chi connectivity index (χ3v) is 6.88. The summed E-state index contributed by atoms with van der Waals surface area (Å²) >= 11 is 0. The monoisotopic (exact) mass is 463 g/mol. The predicted octanol–water partition coefficient (Wildman–Crippen LogP) is 4.96. The van der Waals surface area contributed by atoms with Crippen LogP contribution in [0, 0.1) is 5.92 Å². The molecule has 2 fully saturated rings. The minimum absolute atomic E-state index is 0.239. The highest BCUT2D eigenvalue weighted by molar-refractivity contribution is 6.26. The summed E-state index contributed by atoms with van der Waals surface area (Å²) in [4.78, 5) is 37.3. The Hall–Kier alpha value is -4.16. The number of amides is 2. The van der Waals surface area contributed by atoms with E-state index >= 15 is 0 Å². The Morgan fingerprint density at radius 3 is 2.17 bits per heavy atom. The molecule has 4 aromatic rings. The first kappa shape index (κ1) is 21.4. The smallest absolute Gasteiger partial charge is 0.266 e. The van der Waals surface area contributed by atoms with Crippen molar-refractivity contribution >= 4 is 39.6 Å². The van der Waals surface area contributed by atoms with Gasteiger partial charge in [-0.05, 0) is 41.3 Å². The van der Waals surface area contributed by atoms with E-state index < -0.39 is 18.1 Å². The van der Waals surface area contributed by atoms with E-state index in [1.165, 1.54) is 4.90 Å². The van der Waals surface area contributed by atoms with Crippen LogP contribution >= 0.6 is 0 Å². The first-order valence-corrected chi connectivity index (χ1v) is 11.7. The van der Waals surface area contributed by atoms with E-state index in [0.29, 0.717) is 5.69 Å². The number of imide groups is 1. The van der Waals surface area contributed by atoms with E-state index in [1.54, 1.807) is 5.06 Å². The second kappa shape index (κ2) is 8.25. The normalized spacial score (nSPS) is 21.6. The van der Waals surface area contributed by atoms with E-state index in [-0.39, 0.29) is 11.8 Å². The molecule has 2 saturated heterocycles. The van der Waals surface area contributed by atoms with Crippen LogP contribution in [0.25, 0.3) is 10.8 Å².